The minimum absolute atomic E-state index is 0.204. The van der Waals surface area contributed by atoms with Gasteiger partial charge >= 0.3 is 0 Å². The van der Waals surface area contributed by atoms with E-state index in [9.17, 15) is 0 Å². The maximum absolute atomic E-state index is 7.34. The van der Waals surface area contributed by atoms with Crippen molar-refractivity contribution in [1.82, 2.24) is 15.2 Å². The first-order chi connectivity index (χ1) is 31.2. The summed E-state index contributed by atoms with van der Waals surface area (Å²) < 4.78 is 12.2. The summed E-state index contributed by atoms with van der Waals surface area (Å²) in [5.41, 5.74) is 12.7. The van der Waals surface area contributed by atoms with E-state index >= 15 is 0 Å². The molecule has 0 saturated heterocycles. The Hall–Kier alpha value is -7.77. The van der Waals surface area contributed by atoms with Crippen molar-refractivity contribution in [2.45, 2.75) is 12.3 Å². The second-order valence-electron chi connectivity index (χ2n) is 16.3. The number of hydrogen-bond donors (Lipinski definition) is 2. The van der Waals surface area contributed by atoms with Crippen molar-refractivity contribution in [3.63, 3.8) is 0 Å². The molecule has 12 aromatic rings. The molecule has 0 fully saturated rings. The van der Waals surface area contributed by atoms with Crippen LogP contribution in [0.4, 0.5) is 0 Å². The van der Waals surface area contributed by atoms with E-state index in [1.54, 1.807) is 0 Å². The lowest BCUT2D eigenvalue weighted by atomic mass is 9.91. The van der Waals surface area contributed by atoms with Gasteiger partial charge in [-0.05, 0) is 70.3 Å². The van der Waals surface area contributed by atoms with Crippen LogP contribution in [0, 0.1) is 0 Å². The molecule has 5 nitrogen and oxygen atoms in total. The normalized spacial score (nSPS) is 15.5. The quantitative estimate of drug-likeness (QED) is 0.176. The summed E-state index contributed by atoms with van der Waals surface area (Å²) in [6.07, 6.45) is -0.430. The van der Waals surface area contributed by atoms with Crippen molar-refractivity contribution in [2.75, 3.05) is 0 Å². The lowest BCUT2D eigenvalue weighted by Crippen LogP contribution is -2.44. The number of fused-ring (bicyclic) bond motifs is 9. The summed E-state index contributed by atoms with van der Waals surface area (Å²) in [5.74, 6) is 0.860. The van der Waals surface area contributed by atoms with Crippen molar-refractivity contribution in [3.8, 4) is 27.9 Å². The summed E-state index contributed by atoms with van der Waals surface area (Å²) in [6.45, 7) is 0. The first-order valence-electron chi connectivity index (χ1n) is 21.4. The zero-order chi connectivity index (χ0) is 41.4. The Balaban J connectivity index is 1.02. The minimum atomic E-state index is -0.226. The fraction of sp³-hybridized carbons (Fsp3) is 0.0351. The maximum atomic E-state index is 7.34. The third kappa shape index (κ3) is 5.83. The van der Waals surface area contributed by atoms with Crippen LogP contribution in [0.1, 0.15) is 29.0 Å². The molecule has 6 heteroatoms. The predicted molar refractivity (Wildman–Crippen MR) is 263 cm³/mol. The summed E-state index contributed by atoms with van der Waals surface area (Å²) in [4.78, 5) is 5.17. The number of amidine groups is 1. The largest absolute Gasteiger partial charge is 0.453 e. The minimum Gasteiger partial charge on any atom is -0.453 e. The van der Waals surface area contributed by atoms with E-state index < -0.39 is 0 Å². The van der Waals surface area contributed by atoms with Gasteiger partial charge in [-0.15, -0.1) is 11.3 Å². The fourth-order valence-electron chi connectivity index (χ4n) is 9.78. The van der Waals surface area contributed by atoms with Gasteiger partial charge in [-0.2, -0.15) is 0 Å². The molecule has 3 aromatic heterocycles. The number of para-hydroxylation sites is 3. The Labute approximate surface area is 367 Å². The Morgan fingerprint density at radius 2 is 1.08 bits per heavy atom. The molecule has 0 spiro atoms. The second kappa shape index (κ2) is 14.4. The molecule has 0 aliphatic carbocycles. The van der Waals surface area contributed by atoms with Crippen LogP contribution in [0.15, 0.2) is 216 Å². The van der Waals surface area contributed by atoms with Gasteiger partial charge in [0.25, 0.3) is 0 Å². The highest BCUT2D eigenvalue weighted by molar-refractivity contribution is 7.25. The van der Waals surface area contributed by atoms with E-state index in [1.807, 2.05) is 23.5 Å². The predicted octanol–water partition coefficient (Wildman–Crippen LogP) is 14.7. The monoisotopic (exact) mass is 826 g/mol. The average molecular weight is 827 g/mol. The van der Waals surface area contributed by atoms with Crippen LogP contribution in [0.2, 0.25) is 0 Å². The third-order valence-corrected chi connectivity index (χ3v) is 13.8. The molecule has 1 aliphatic heterocycles. The number of hydrogen-bond acceptors (Lipinski definition) is 5. The van der Waals surface area contributed by atoms with Gasteiger partial charge in [-0.25, -0.2) is 4.99 Å². The first kappa shape index (κ1) is 35.9. The highest BCUT2D eigenvalue weighted by atomic mass is 32.1. The van der Waals surface area contributed by atoms with Crippen LogP contribution in [-0.2, 0) is 0 Å². The molecule has 298 valence electrons. The molecule has 1 aliphatic rings. The molecule has 4 heterocycles. The zero-order valence-electron chi connectivity index (χ0n) is 34.0. The molecule has 0 bridgehead atoms. The maximum Gasteiger partial charge on any atom is 0.159 e. The van der Waals surface area contributed by atoms with Gasteiger partial charge in [0.05, 0.1) is 16.7 Å². The lowest BCUT2D eigenvalue weighted by Gasteiger charge is -2.32. The second-order valence-corrected chi connectivity index (χ2v) is 17.4. The van der Waals surface area contributed by atoms with E-state index in [1.165, 1.54) is 30.9 Å². The van der Waals surface area contributed by atoms with Gasteiger partial charge in [0.15, 0.2) is 5.58 Å². The van der Waals surface area contributed by atoms with Crippen molar-refractivity contribution in [1.29, 1.82) is 0 Å². The first-order valence-corrected chi connectivity index (χ1v) is 22.2. The summed E-state index contributed by atoms with van der Waals surface area (Å²) >= 11 is 1.84. The Kier molecular flexibility index (Phi) is 8.22. The number of aliphatic imine (C=N–C) groups is 1. The topological polar surface area (TPSA) is 54.5 Å². The average Bonchev–Trinajstić information content (AvgIpc) is 4.04. The van der Waals surface area contributed by atoms with Gasteiger partial charge < -0.3 is 14.3 Å². The zero-order valence-corrected chi connectivity index (χ0v) is 34.8. The Morgan fingerprint density at radius 3 is 1.89 bits per heavy atom. The number of benzene rings is 9. The van der Waals surface area contributed by atoms with Crippen molar-refractivity contribution in [2.24, 2.45) is 4.99 Å². The highest BCUT2D eigenvalue weighted by Crippen LogP contribution is 2.46. The number of nitrogens with zero attached hydrogens (tertiary/aromatic N) is 2. The SMILES string of the molecule is c1ccc(C2=NC(c3ccccc3)NC(c3cccc(-c4ccc5c(oc6c(-n7c8ccccc8c8ccccc87)cccc65)c4-c4ccc5c(c4)sc4ccccc45)c3)N2)cc1. The summed E-state index contributed by atoms with van der Waals surface area (Å²) in [6, 6.07) is 73.8. The van der Waals surface area contributed by atoms with Crippen LogP contribution >= 0.6 is 11.3 Å². The van der Waals surface area contributed by atoms with Crippen molar-refractivity contribution >= 4 is 81.1 Å². The number of thiophene rings is 1. The van der Waals surface area contributed by atoms with Gasteiger partial charge in [0.2, 0.25) is 0 Å². The fourth-order valence-corrected chi connectivity index (χ4v) is 10.9. The van der Waals surface area contributed by atoms with E-state index in [-0.39, 0.29) is 12.3 Å². The molecule has 2 N–H and O–H groups in total. The van der Waals surface area contributed by atoms with Crippen LogP contribution < -0.4 is 10.6 Å². The van der Waals surface area contributed by atoms with Crippen LogP contribution in [-0.4, -0.2) is 10.4 Å². The van der Waals surface area contributed by atoms with Crippen LogP contribution in [0.25, 0.3) is 91.9 Å². The Bertz CT molecular complexity index is 3710. The molecule has 2 atom stereocenters. The van der Waals surface area contributed by atoms with E-state index in [0.717, 1.165) is 83.4 Å². The molecule has 2 unspecified atom stereocenters. The number of aromatic nitrogens is 1. The number of rotatable bonds is 6. The molecule has 0 amide bonds. The number of nitrogens with one attached hydrogen (secondary N) is 2. The van der Waals surface area contributed by atoms with Gasteiger partial charge in [0, 0.05) is 52.8 Å². The Morgan fingerprint density at radius 1 is 0.460 bits per heavy atom. The van der Waals surface area contributed by atoms with E-state index in [2.05, 4.69) is 209 Å². The smallest absolute Gasteiger partial charge is 0.159 e. The van der Waals surface area contributed by atoms with E-state index in [0.29, 0.717) is 0 Å². The van der Waals surface area contributed by atoms with Crippen LogP contribution in [0.5, 0.6) is 0 Å². The van der Waals surface area contributed by atoms with Gasteiger partial charge in [-0.3, -0.25) is 5.32 Å². The molecular weight excluding hydrogens is 789 g/mol. The number of furan rings is 1. The molecule has 0 radical (unpaired) electrons. The third-order valence-electron chi connectivity index (χ3n) is 12.7. The molecule has 9 aromatic carbocycles. The molecule has 13 rings (SSSR count). The summed E-state index contributed by atoms with van der Waals surface area (Å²) in [5, 5.41) is 14.7. The van der Waals surface area contributed by atoms with Gasteiger partial charge in [-0.1, -0.05) is 164 Å². The van der Waals surface area contributed by atoms with E-state index in [4.69, 9.17) is 9.41 Å². The standard InChI is InChI=1S/C57H38N4OS/c1-3-15-35(16-4-1)55-58-56(36-17-5-2-6-18-36)60-57(59-55)39-20-13-19-37(33-39)40-31-32-46-45-24-14-27-49(61-47-25-10-7-21-41(47)42-22-8-11-26-48(42)61)53(45)62-54(46)52(40)38-29-30-44-43-23-9-12-28-50(43)63-51(44)34-38/h1-34,55,57,59H,(H,58,60). The van der Waals surface area contributed by atoms with Crippen molar-refractivity contribution < 1.29 is 4.42 Å². The van der Waals surface area contributed by atoms with Crippen molar-refractivity contribution in [3.05, 3.63) is 223 Å². The molecule has 0 saturated carbocycles. The summed E-state index contributed by atoms with van der Waals surface area (Å²) in [7, 11) is 0. The molecule has 63 heavy (non-hydrogen) atoms. The lowest BCUT2D eigenvalue weighted by molar-refractivity contribution is 0.409. The van der Waals surface area contributed by atoms with Crippen LogP contribution in [0.3, 0.4) is 0 Å². The highest BCUT2D eigenvalue weighted by Gasteiger charge is 2.27. The molecular formula is C57H38N4OS. The van der Waals surface area contributed by atoms with Gasteiger partial charge in [0.1, 0.15) is 23.8 Å².